The molecule has 0 spiro atoms. The Balaban J connectivity index is 1.25. The summed E-state index contributed by atoms with van der Waals surface area (Å²) in [5, 5.41) is 0. The van der Waals surface area contributed by atoms with E-state index in [-0.39, 0.29) is 35.8 Å². The van der Waals surface area contributed by atoms with E-state index >= 15 is 0 Å². The van der Waals surface area contributed by atoms with E-state index in [1.807, 2.05) is 6.92 Å². The van der Waals surface area contributed by atoms with Crippen molar-refractivity contribution in [1.29, 1.82) is 0 Å². The maximum atomic E-state index is 12.6. The van der Waals surface area contributed by atoms with Crippen LogP contribution in [0.4, 0.5) is 0 Å². The molecule has 0 radical (unpaired) electrons. The van der Waals surface area contributed by atoms with Gasteiger partial charge in [-0.05, 0) is 62.4 Å². The number of hydrogen-bond acceptors (Lipinski definition) is 5. The molecule has 2 bridgehead atoms. The Bertz CT molecular complexity index is 866. The molecule has 5 heteroatoms. The van der Waals surface area contributed by atoms with E-state index in [9.17, 15) is 9.59 Å². The van der Waals surface area contributed by atoms with Crippen molar-refractivity contribution < 1.29 is 23.8 Å². The Morgan fingerprint density at radius 2 is 2.11 bits per heavy atom. The summed E-state index contributed by atoms with van der Waals surface area (Å²) in [6, 6.07) is 0. The summed E-state index contributed by atoms with van der Waals surface area (Å²) in [5.41, 5.74) is 2.94. The molecule has 6 rings (SSSR count). The van der Waals surface area contributed by atoms with Crippen LogP contribution in [-0.4, -0.2) is 24.3 Å². The highest BCUT2D eigenvalue weighted by Gasteiger charge is 2.67. The molecule has 0 aromatic carbocycles. The Labute approximate surface area is 164 Å². The first-order valence-electron chi connectivity index (χ1n) is 10.7. The summed E-state index contributed by atoms with van der Waals surface area (Å²) < 4.78 is 17.4. The van der Waals surface area contributed by atoms with Gasteiger partial charge in [-0.3, -0.25) is 4.79 Å². The molecule has 6 aliphatic rings. The molecule has 0 N–H and O–H groups in total. The van der Waals surface area contributed by atoms with Crippen LogP contribution in [0, 0.1) is 35.0 Å². The number of esters is 2. The molecule has 2 heterocycles. The highest BCUT2D eigenvalue weighted by molar-refractivity contribution is 5.92. The van der Waals surface area contributed by atoms with Crippen LogP contribution in [0.1, 0.15) is 46.0 Å². The number of ether oxygens (including phenoxy) is 3. The lowest BCUT2D eigenvalue weighted by atomic mass is 9.71. The first kappa shape index (κ1) is 16.9. The number of rotatable bonds is 2. The number of carbonyl (C=O) groups is 2. The van der Waals surface area contributed by atoms with Gasteiger partial charge in [-0.1, -0.05) is 24.6 Å². The van der Waals surface area contributed by atoms with Crippen molar-refractivity contribution >= 4 is 11.9 Å². The normalized spacial score (nSPS) is 49.4. The second-order valence-electron chi connectivity index (χ2n) is 9.67. The minimum absolute atomic E-state index is 0.0231. The third-order valence-electron chi connectivity index (χ3n) is 8.39. The maximum Gasteiger partial charge on any atom is 0.338 e. The van der Waals surface area contributed by atoms with Gasteiger partial charge in [-0.15, -0.1) is 0 Å². The van der Waals surface area contributed by atoms with Crippen LogP contribution in [0.2, 0.25) is 0 Å². The zero-order valence-corrected chi connectivity index (χ0v) is 16.4. The van der Waals surface area contributed by atoms with E-state index in [2.05, 4.69) is 19.1 Å². The molecule has 5 nitrogen and oxygen atoms in total. The van der Waals surface area contributed by atoms with E-state index in [0.717, 1.165) is 19.3 Å². The zero-order valence-electron chi connectivity index (χ0n) is 16.4. The molecular weight excluding hydrogens is 356 g/mol. The van der Waals surface area contributed by atoms with E-state index < -0.39 is 11.7 Å². The lowest BCUT2D eigenvalue weighted by Gasteiger charge is -2.28. The standard InChI is InChI=1S/C23H26O5/c1-11-4-3-5-12-9-15-16(20(24)27-19(15)17(11)12)10-26-21-18-13-6-7-14(8-13)23(18,2)22(25)28-21/h6-7,10-11,13-15,18-19,21H,3-5,8-9H2,1-2H3/b16-10+/t11-,13+,14-,15-,18-,19+,21+,23-/m0/s1. The first-order valence-corrected chi connectivity index (χ1v) is 10.7. The average molecular weight is 382 g/mol. The van der Waals surface area contributed by atoms with E-state index in [4.69, 9.17) is 14.2 Å². The zero-order chi connectivity index (χ0) is 19.2. The van der Waals surface area contributed by atoms with Crippen LogP contribution in [0.15, 0.2) is 35.1 Å². The van der Waals surface area contributed by atoms with E-state index in [1.165, 1.54) is 24.0 Å². The van der Waals surface area contributed by atoms with Crippen LogP contribution in [0.3, 0.4) is 0 Å². The van der Waals surface area contributed by atoms with Gasteiger partial charge in [0.25, 0.3) is 0 Å². The summed E-state index contributed by atoms with van der Waals surface area (Å²) in [6.07, 6.45) is 10.6. The van der Waals surface area contributed by atoms with Gasteiger partial charge < -0.3 is 14.2 Å². The molecule has 0 aromatic heterocycles. The second kappa shape index (κ2) is 5.52. The van der Waals surface area contributed by atoms with Crippen LogP contribution >= 0.6 is 0 Å². The fraction of sp³-hybridized carbons (Fsp3) is 0.652. The summed E-state index contributed by atoms with van der Waals surface area (Å²) in [5.74, 6) is 0.676. The minimum atomic E-state index is -0.611. The second-order valence-corrected chi connectivity index (χ2v) is 9.67. The fourth-order valence-corrected chi connectivity index (χ4v) is 6.91. The first-order chi connectivity index (χ1) is 13.5. The third-order valence-corrected chi connectivity index (χ3v) is 8.39. The summed E-state index contributed by atoms with van der Waals surface area (Å²) in [6.45, 7) is 4.24. The molecule has 3 fully saturated rings. The molecule has 2 saturated heterocycles. The molecule has 4 aliphatic carbocycles. The maximum absolute atomic E-state index is 12.6. The Morgan fingerprint density at radius 1 is 1.25 bits per heavy atom. The number of allylic oxidation sites excluding steroid dienone is 3. The topological polar surface area (TPSA) is 61.8 Å². The largest absolute Gasteiger partial charge is 0.461 e. The van der Waals surface area contributed by atoms with Crippen molar-refractivity contribution in [2.24, 2.45) is 35.0 Å². The van der Waals surface area contributed by atoms with Crippen LogP contribution in [-0.2, 0) is 23.8 Å². The van der Waals surface area contributed by atoms with Gasteiger partial charge >= 0.3 is 11.9 Å². The number of hydrogen-bond donors (Lipinski definition) is 0. The van der Waals surface area contributed by atoms with Crippen molar-refractivity contribution in [3.05, 3.63) is 35.1 Å². The molecule has 1 saturated carbocycles. The summed E-state index contributed by atoms with van der Waals surface area (Å²) >= 11 is 0. The number of cyclic esters (lactones) is 1. The molecule has 0 aromatic rings. The molecule has 148 valence electrons. The van der Waals surface area contributed by atoms with Gasteiger partial charge in [-0.25, -0.2) is 4.79 Å². The SMILES string of the molecule is C[C@H]1CCCC2=C1[C@@H]1OC(=O)/C(=C/O[C@@H]3OC(=O)[C@]4(C)[C@H]3[C@@H]3C=C[C@H]4C3)[C@@H]1C2. The Hall–Kier alpha value is -2.04. The smallest absolute Gasteiger partial charge is 0.338 e. The minimum Gasteiger partial charge on any atom is -0.461 e. The van der Waals surface area contributed by atoms with Gasteiger partial charge in [0, 0.05) is 5.92 Å². The highest BCUT2D eigenvalue weighted by atomic mass is 16.7. The number of fused-ring (bicyclic) bond motifs is 7. The van der Waals surface area contributed by atoms with Crippen LogP contribution in [0.5, 0.6) is 0 Å². The molecular formula is C23H26O5. The van der Waals surface area contributed by atoms with Crippen molar-refractivity contribution in [1.82, 2.24) is 0 Å². The lowest BCUT2D eigenvalue weighted by molar-refractivity contribution is -0.161. The van der Waals surface area contributed by atoms with Crippen molar-refractivity contribution in [2.45, 2.75) is 58.3 Å². The monoisotopic (exact) mass is 382 g/mol. The Morgan fingerprint density at radius 3 is 2.96 bits per heavy atom. The lowest BCUT2D eigenvalue weighted by Crippen LogP contribution is -2.35. The van der Waals surface area contributed by atoms with Crippen molar-refractivity contribution in [3.8, 4) is 0 Å². The summed E-state index contributed by atoms with van der Waals surface area (Å²) in [4.78, 5) is 25.1. The van der Waals surface area contributed by atoms with E-state index in [0.29, 0.717) is 17.4 Å². The third kappa shape index (κ3) is 1.98. The van der Waals surface area contributed by atoms with Gasteiger partial charge in [0.1, 0.15) is 6.10 Å². The van der Waals surface area contributed by atoms with Gasteiger partial charge in [0.05, 0.1) is 23.2 Å². The molecule has 28 heavy (non-hydrogen) atoms. The summed E-state index contributed by atoms with van der Waals surface area (Å²) in [7, 11) is 0. The van der Waals surface area contributed by atoms with Gasteiger partial charge in [0.2, 0.25) is 6.29 Å². The molecule has 2 aliphatic heterocycles. The van der Waals surface area contributed by atoms with Gasteiger partial charge in [0.15, 0.2) is 0 Å². The van der Waals surface area contributed by atoms with Crippen LogP contribution < -0.4 is 0 Å². The van der Waals surface area contributed by atoms with E-state index in [1.54, 1.807) is 6.26 Å². The highest BCUT2D eigenvalue weighted by Crippen LogP contribution is 2.61. The predicted octanol–water partition coefficient (Wildman–Crippen LogP) is 3.66. The molecule has 8 atom stereocenters. The molecule has 0 unspecified atom stereocenters. The predicted molar refractivity (Wildman–Crippen MR) is 99.4 cm³/mol. The van der Waals surface area contributed by atoms with Gasteiger partial charge in [-0.2, -0.15) is 0 Å². The Kier molecular flexibility index (Phi) is 3.33. The quantitative estimate of drug-likeness (QED) is 0.316. The fourth-order valence-electron chi connectivity index (χ4n) is 6.91. The van der Waals surface area contributed by atoms with Crippen molar-refractivity contribution in [3.63, 3.8) is 0 Å². The molecule has 0 amide bonds. The van der Waals surface area contributed by atoms with Crippen LogP contribution in [0.25, 0.3) is 0 Å². The van der Waals surface area contributed by atoms with Crippen molar-refractivity contribution in [2.75, 3.05) is 0 Å². The average Bonchev–Trinajstić information content (AvgIpc) is 3.42. The number of carbonyl (C=O) groups excluding carboxylic acids is 2.